The molecule has 2 aromatic carbocycles. The zero-order valence-corrected chi connectivity index (χ0v) is 18.2. The van der Waals surface area contributed by atoms with Gasteiger partial charge in [-0.15, -0.1) is 0 Å². The monoisotopic (exact) mass is 419 g/mol. The van der Waals surface area contributed by atoms with E-state index >= 15 is 0 Å². The normalized spacial score (nSPS) is 19.1. The van der Waals surface area contributed by atoms with Crippen LogP contribution < -0.4 is 10.3 Å². The summed E-state index contributed by atoms with van der Waals surface area (Å²) in [4.78, 5) is 26.7. The molecule has 1 aliphatic carbocycles. The molecule has 0 atom stereocenters. The number of anilines is 2. The van der Waals surface area contributed by atoms with Crippen molar-refractivity contribution >= 4 is 29.0 Å². The van der Waals surface area contributed by atoms with E-state index in [0.29, 0.717) is 18.7 Å². The van der Waals surface area contributed by atoms with Gasteiger partial charge in [-0.2, -0.15) is 5.10 Å². The summed E-state index contributed by atoms with van der Waals surface area (Å²) in [5, 5.41) is 4.40. The van der Waals surface area contributed by atoms with Gasteiger partial charge in [-0.25, -0.2) is 4.79 Å². The topological polar surface area (TPSA) is 71.0 Å². The van der Waals surface area contributed by atoms with Gasteiger partial charge >= 0.3 is 6.09 Å². The van der Waals surface area contributed by atoms with Gasteiger partial charge in [0.15, 0.2) is 5.78 Å². The third-order valence-corrected chi connectivity index (χ3v) is 5.95. The Morgan fingerprint density at radius 3 is 2.68 bits per heavy atom. The van der Waals surface area contributed by atoms with E-state index in [0.717, 1.165) is 48.2 Å². The van der Waals surface area contributed by atoms with Crippen molar-refractivity contribution < 1.29 is 14.3 Å². The highest BCUT2D eigenvalue weighted by atomic mass is 16.6. The Hall–Kier alpha value is -3.15. The first-order valence-corrected chi connectivity index (χ1v) is 10.9. The van der Waals surface area contributed by atoms with Crippen LogP contribution in [0.25, 0.3) is 0 Å². The number of hydrogen-bond donors (Lipinski definition) is 1. The molecule has 1 aliphatic heterocycles. The molecule has 0 aromatic heterocycles. The predicted octanol–water partition coefficient (Wildman–Crippen LogP) is 5.42. The minimum absolute atomic E-state index is 0.138. The Morgan fingerprint density at radius 2 is 1.87 bits per heavy atom. The number of carbonyl (C=O) groups excluding carboxylic acids is 2. The number of hydrogen-bond acceptors (Lipinski definition) is 5. The average molecular weight is 420 g/mol. The number of nitrogens with zero attached hydrogens (tertiary/aromatic N) is 2. The zero-order chi connectivity index (χ0) is 21.8. The van der Waals surface area contributed by atoms with Gasteiger partial charge in [-0.3, -0.25) is 15.1 Å². The molecule has 6 heteroatoms. The van der Waals surface area contributed by atoms with E-state index in [1.54, 1.807) is 4.90 Å². The van der Waals surface area contributed by atoms with E-state index < -0.39 is 0 Å². The van der Waals surface area contributed by atoms with Crippen molar-refractivity contribution in [1.82, 2.24) is 0 Å². The van der Waals surface area contributed by atoms with E-state index in [9.17, 15) is 9.59 Å². The quantitative estimate of drug-likeness (QED) is 0.530. The number of hydrazone groups is 1. The summed E-state index contributed by atoms with van der Waals surface area (Å²) in [7, 11) is 0. The third-order valence-electron chi connectivity index (χ3n) is 5.95. The van der Waals surface area contributed by atoms with Crippen molar-refractivity contribution in [2.75, 3.05) is 16.9 Å². The molecule has 1 heterocycles. The van der Waals surface area contributed by atoms with Crippen LogP contribution in [0.1, 0.15) is 57.1 Å². The largest absolute Gasteiger partial charge is 0.444 e. The Morgan fingerprint density at radius 1 is 1.10 bits per heavy atom. The van der Waals surface area contributed by atoms with Crippen molar-refractivity contribution in [2.24, 2.45) is 5.10 Å². The van der Waals surface area contributed by atoms with Crippen LogP contribution >= 0.6 is 0 Å². The lowest BCUT2D eigenvalue weighted by molar-refractivity contribution is -0.113. The van der Waals surface area contributed by atoms with Gasteiger partial charge in [0.25, 0.3) is 0 Å². The first kappa shape index (κ1) is 21.1. The molecule has 1 saturated carbocycles. The molecule has 6 nitrogen and oxygen atoms in total. The first-order valence-electron chi connectivity index (χ1n) is 10.9. The highest BCUT2D eigenvalue weighted by Crippen LogP contribution is 2.42. The van der Waals surface area contributed by atoms with E-state index in [1.165, 1.54) is 0 Å². The molecular weight excluding hydrogens is 390 g/mol. The summed E-state index contributed by atoms with van der Waals surface area (Å²) in [6, 6.07) is 15.5. The summed E-state index contributed by atoms with van der Waals surface area (Å²) in [6.07, 6.45) is 3.99. The predicted molar refractivity (Wildman–Crippen MR) is 123 cm³/mol. The summed E-state index contributed by atoms with van der Waals surface area (Å²) in [5.41, 5.74) is 7.16. The number of amides is 1. The fourth-order valence-electron chi connectivity index (χ4n) is 4.20. The highest BCUT2D eigenvalue weighted by Gasteiger charge is 2.39. The molecule has 31 heavy (non-hydrogen) atoms. The summed E-state index contributed by atoms with van der Waals surface area (Å²) in [5.74, 6) is 0.138. The molecule has 1 N–H and O–H groups in total. The van der Waals surface area contributed by atoms with E-state index in [2.05, 4.69) is 24.4 Å². The van der Waals surface area contributed by atoms with Crippen molar-refractivity contribution in [3.05, 3.63) is 59.7 Å². The third kappa shape index (κ3) is 4.79. The van der Waals surface area contributed by atoms with E-state index in [-0.39, 0.29) is 23.9 Å². The van der Waals surface area contributed by atoms with Crippen LogP contribution in [0.3, 0.4) is 0 Å². The lowest BCUT2D eigenvalue weighted by atomic mass is 9.87. The minimum atomic E-state index is -0.347. The number of ketones is 1. The maximum absolute atomic E-state index is 12.8. The van der Waals surface area contributed by atoms with Crippen LogP contribution in [0, 0.1) is 0 Å². The number of nitrogens with one attached hydrogen (secondary N) is 1. The molecule has 0 saturated heterocycles. The van der Waals surface area contributed by atoms with Gasteiger partial charge in [-0.1, -0.05) is 50.6 Å². The maximum atomic E-state index is 12.8. The Balaban J connectivity index is 1.48. The fraction of sp³-hybridized carbons (Fsp3) is 0.400. The second-order valence-corrected chi connectivity index (χ2v) is 8.90. The summed E-state index contributed by atoms with van der Waals surface area (Å²) >= 11 is 0. The number of carbonyl (C=O) groups is 2. The number of ether oxygens (including phenoxy) is 1. The molecular formula is C25H29N3O3. The van der Waals surface area contributed by atoms with Crippen LogP contribution in [0.2, 0.25) is 0 Å². The SMILES string of the molecule is CC1(C)CN(C(=O)OCc2ccccc2)c2ccc(N/N=C3\CCCCCC3=O)cc21. The van der Waals surface area contributed by atoms with Crippen molar-refractivity contribution in [3.63, 3.8) is 0 Å². The molecule has 0 unspecified atom stereocenters. The lowest BCUT2D eigenvalue weighted by Crippen LogP contribution is -2.34. The summed E-state index contributed by atoms with van der Waals surface area (Å²) < 4.78 is 5.55. The van der Waals surface area contributed by atoms with Gasteiger partial charge in [0.1, 0.15) is 12.3 Å². The van der Waals surface area contributed by atoms with Crippen molar-refractivity contribution in [3.8, 4) is 0 Å². The van der Waals surface area contributed by atoms with Crippen LogP contribution in [-0.4, -0.2) is 24.1 Å². The van der Waals surface area contributed by atoms with Crippen LogP contribution in [0.5, 0.6) is 0 Å². The first-order chi connectivity index (χ1) is 14.9. The van der Waals surface area contributed by atoms with Gasteiger partial charge < -0.3 is 4.74 Å². The second-order valence-electron chi connectivity index (χ2n) is 8.90. The van der Waals surface area contributed by atoms with Crippen LogP contribution in [0.15, 0.2) is 53.6 Å². The molecule has 1 amide bonds. The molecule has 2 aromatic rings. The molecule has 162 valence electrons. The fourth-order valence-corrected chi connectivity index (χ4v) is 4.20. The van der Waals surface area contributed by atoms with Crippen LogP contribution in [-0.2, 0) is 21.6 Å². The van der Waals surface area contributed by atoms with Gasteiger partial charge in [0.2, 0.25) is 0 Å². The van der Waals surface area contributed by atoms with Crippen LogP contribution in [0.4, 0.5) is 16.2 Å². The number of rotatable bonds is 4. The molecule has 0 radical (unpaired) electrons. The zero-order valence-electron chi connectivity index (χ0n) is 18.2. The van der Waals surface area contributed by atoms with Gasteiger partial charge in [0, 0.05) is 18.4 Å². The van der Waals surface area contributed by atoms with E-state index in [4.69, 9.17) is 4.74 Å². The standard InChI is InChI=1S/C25H29N3O3/c1-25(2)17-28(24(30)31-16-18-9-5-3-6-10-18)22-14-13-19(15-20(22)25)26-27-21-11-7-4-8-12-23(21)29/h3,5-6,9-10,13-15,26H,4,7-8,11-12,16-17H2,1-2H3/b27-21+. The smallest absolute Gasteiger partial charge is 0.414 e. The number of Topliss-reactive ketones (excluding diaryl/α,β-unsaturated/α-hetero) is 1. The molecule has 1 fully saturated rings. The Kier molecular flexibility index (Phi) is 6.07. The average Bonchev–Trinajstić information content (AvgIpc) is 2.89. The maximum Gasteiger partial charge on any atom is 0.414 e. The molecule has 2 aliphatic rings. The Labute approximate surface area is 183 Å². The van der Waals surface area contributed by atoms with E-state index in [1.807, 2.05) is 48.5 Å². The molecule has 0 spiro atoms. The number of benzene rings is 2. The van der Waals surface area contributed by atoms with Crippen molar-refractivity contribution in [2.45, 2.75) is 58.0 Å². The highest BCUT2D eigenvalue weighted by molar-refractivity contribution is 6.40. The number of fused-ring (bicyclic) bond motifs is 1. The van der Waals surface area contributed by atoms with Crippen molar-refractivity contribution in [1.29, 1.82) is 0 Å². The minimum Gasteiger partial charge on any atom is -0.444 e. The van der Waals surface area contributed by atoms with Gasteiger partial charge in [-0.05, 0) is 48.6 Å². The molecule has 4 rings (SSSR count). The second kappa shape index (κ2) is 8.92. The Bertz CT molecular complexity index is 998. The summed E-state index contributed by atoms with van der Waals surface area (Å²) in [6.45, 7) is 5.02. The lowest BCUT2D eigenvalue weighted by Gasteiger charge is -2.20. The molecule has 0 bridgehead atoms. The van der Waals surface area contributed by atoms with Gasteiger partial charge in [0.05, 0.1) is 11.4 Å².